The molecule has 0 saturated heterocycles. The second-order valence-corrected chi connectivity index (χ2v) is 6.64. The van der Waals surface area contributed by atoms with Crippen molar-refractivity contribution in [3.05, 3.63) is 64.7 Å². The lowest BCUT2D eigenvalue weighted by Crippen LogP contribution is -2.15. The molecular weight excluding hydrogens is 358 g/mol. The van der Waals surface area contributed by atoms with E-state index in [0.29, 0.717) is 24.4 Å². The number of benzene rings is 1. The van der Waals surface area contributed by atoms with Crippen LogP contribution in [0.3, 0.4) is 0 Å². The van der Waals surface area contributed by atoms with Gasteiger partial charge >= 0.3 is 0 Å². The predicted molar refractivity (Wildman–Crippen MR) is 108 cm³/mol. The summed E-state index contributed by atoms with van der Waals surface area (Å²) in [6.07, 6.45) is 3.55. The number of nitrogens with one attached hydrogen (secondary N) is 1. The molecule has 0 aliphatic heterocycles. The average molecular weight is 383 g/mol. The van der Waals surface area contributed by atoms with Gasteiger partial charge in [0.15, 0.2) is 11.2 Å². The van der Waals surface area contributed by atoms with Crippen LogP contribution in [-0.2, 0) is 11.3 Å². The van der Waals surface area contributed by atoms with Crippen LogP contribution in [-0.4, -0.2) is 38.3 Å². The van der Waals surface area contributed by atoms with Crippen molar-refractivity contribution in [1.82, 2.24) is 19.5 Å². The number of rotatable bonds is 5. The summed E-state index contributed by atoms with van der Waals surface area (Å²) >= 11 is 0. The van der Waals surface area contributed by atoms with Crippen LogP contribution in [0.25, 0.3) is 11.2 Å². The highest BCUT2D eigenvalue weighted by molar-refractivity contribution is 5.70. The molecule has 0 unspecified atom stereocenters. The van der Waals surface area contributed by atoms with Gasteiger partial charge in [-0.3, -0.25) is 9.78 Å². The average Bonchev–Trinajstić information content (AvgIpc) is 3.28. The van der Waals surface area contributed by atoms with Crippen molar-refractivity contribution in [2.24, 2.45) is 5.92 Å². The van der Waals surface area contributed by atoms with E-state index in [2.05, 4.69) is 33.7 Å². The minimum absolute atomic E-state index is 0.0547. The van der Waals surface area contributed by atoms with Crippen LogP contribution in [0.2, 0.25) is 0 Å². The number of aliphatic hydroxyl groups excluding tert-OH is 1. The third kappa shape index (κ3) is 3.97. The van der Waals surface area contributed by atoms with Crippen molar-refractivity contribution in [2.45, 2.75) is 25.5 Å². The first-order valence-electron chi connectivity index (χ1n) is 9.11. The standard InChI is InChI=1S/C19H21N5O2.CH4O/c1-12-14(10-26-9-13-5-3-2-4-6-13)7-8-15(12)24-11-21-16-17(24)22-19(20)23-18(16)25;1-2/h2-6,11,14-15H,1,7-10H2,(H3,20,22,23,25);2H,1H3/t14-,15-;/m0./s1. The molecule has 4 rings (SSSR count). The first-order chi connectivity index (χ1) is 13.6. The Balaban J connectivity index is 0.00000109. The number of H-pyrrole nitrogens is 1. The van der Waals surface area contributed by atoms with Gasteiger partial charge in [-0.2, -0.15) is 4.98 Å². The Kier molecular flexibility index (Phi) is 6.23. The van der Waals surface area contributed by atoms with Crippen molar-refractivity contribution in [1.29, 1.82) is 0 Å². The maximum absolute atomic E-state index is 12.0. The first-order valence-corrected chi connectivity index (χ1v) is 9.11. The first kappa shape index (κ1) is 19.8. The summed E-state index contributed by atoms with van der Waals surface area (Å²) in [5, 5.41) is 7.00. The van der Waals surface area contributed by atoms with Crippen molar-refractivity contribution >= 4 is 17.1 Å². The summed E-state index contributed by atoms with van der Waals surface area (Å²) in [6.45, 7) is 5.50. The number of nitrogens with zero attached hydrogens (tertiary/aromatic N) is 3. The number of ether oxygens (including phenoxy) is 1. The van der Waals surface area contributed by atoms with Crippen molar-refractivity contribution in [3.8, 4) is 0 Å². The lowest BCUT2D eigenvalue weighted by Gasteiger charge is -2.17. The molecule has 3 aromatic rings. The van der Waals surface area contributed by atoms with Gasteiger partial charge < -0.3 is 20.1 Å². The van der Waals surface area contributed by atoms with Gasteiger partial charge in [0.2, 0.25) is 5.95 Å². The zero-order valence-corrected chi connectivity index (χ0v) is 15.8. The molecule has 1 aliphatic carbocycles. The molecule has 1 saturated carbocycles. The molecule has 1 aromatic carbocycles. The van der Waals surface area contributed by atoms with Crippen LogP contribution in [0, 0.1) is 5.92 Å². The number of hydrogen-bond acceptors (Lipinski definition) is 6. The molecule has 2 heterocycles. The van der Waals surface area contributed by atoms with Crippen molar-refractivity contribution in [3.63, 3.8) is 0 Å². The Labute approximate surface area is 162 Å². The molecule has 0 radical (unpaired) electrons. The predicted octanol–water partition coefficient (Wildman–Crippen LogP) is 2.03. The van der Waals surface area contributed by atoms with E-state index in [-0.39, 0.29) is 23.5 Å². The van der Waals surface area contributed by atoms with E-state index in [1.807, 2.05) is 22.8 Å². The van der Waals surface area contributed by atoms with Crippen molar-refractivity contribution < 1.29 is 9.84 Å². The Morgan fingerprint density at radius 1 is 1.32 bits per heavy atom. The highest BCUT2D eigenvalue weighted by atomic mass is 16.5. The van der Waals surface area contributed by atoms with E-state index in [1.165, 1.54) is 0 Å². The van der Waals surface area contributed by atoms with E-state index in [1.54, 1.807) is 6.33 Å². The zero-order valence-electron chi connectivity index (χ0n) is 15.8. The van der Waals surface area contributed by atoms with Gasteiger partial charge in [-0.1, -0.05) is 36.9 Å². The molecule has 2 atom stereocenters. The molecule has 148 valence electrons. The maximum atomic E-state index is 12.0. The number of anilines is 1. The molecule has 8 heteroatoms. The lowest BCUT2D eigenvalue weighted by molar-refractivity contribution is 0.0980. The summed E-state index contributed by atoms with van der Waals surface area (Å²) in [6, 6.07) is 10.2. The minimum atomic E-state index is -0.322. The second kappa shape index (κ2) is 8.81. The molecule has 1 aliphatic rings. The van der Waals surface area contributed by atoms with Crippen LogP contribution in [0.4, 0.5) is 5.95 Å². The largest absolute Gasteiger partial charge is 0.400 e. The van der Waals surface area contributed by atoms with Crippen LogP contribution < -0.4 is 11.3 Å². The fourth-order valence-electron chi connectivity index (χ4n) is 3.57. The van der Waals surface area contributed by atoms with Crippen LogP contribution in [0.15, 0.2) is 53.6 Å². The van der Waals surface area contributed by atoms with Crippen LogP contribution in [0.1, 0.15) is 24.4 Å². The van der Waals surface area contributed by atoms with Gasteiger partial charge in [-0.05, 0) is 24.0 Å². The second-order valence-electron chi connectivity index (χ2n) is 6.64. The third-order valence-electron chi connectivity index (χ3n) is 4.96. The normalized spacial score (nSPS) is 18.9. The SMILES string of the molecule is C=C1[C@H](COCc2ccccc2)CC[C@@H]1n1cnc2c(=O)[nH]c(N)nc21.CO. The number of nitrogen functional groups attached to an aromatic ring is 1. The summed E-state index contributed by atoms with van der Waals surface area (Å²) in [7, 11) is 1.00. The molecular formula is C20H25N5O3. The number of aromatic nitrogens is 4. The Morgan fingerprint density at radius 2 is 2.07 bits per heavy atom. The molecule has 0 amide bonds. The molecule has 4 N–H and O–H groups in total. The van der Waals surface area contributed by atoms with Gasteiger partial charge in [0.05, 0.1) is 25.6 Å². The molecule has 2 aromatic heterocycles. The fourth-order valence-corrected chi connectivity index (χ4v) is 3.57. The number of nitrogens with two attached hydrogens (primary N) is 1. The maximum Gasteiger partial charge on any atom is 0.280 e. The smallest absolute Gasteiger partial charge is 0.280 e. The molecule has 28 heavy (non-hydrogen) atoms. The quantitative estimate of drug-likeness (QED) is 0.580. The zero-order chi connectivity index (χ0) is 20.1. The van der Waals surface area contributed by atoms with Crippen molar-refractivity contribution in [2.75, 3.05) is 19.5 Å². The highest BCUT2D eigenvalue weighted by Crippen LogP contribution is 2.40. The van der Waals surface area contributed by atoms with E-state index >= 15 is 0 Å². The van der Waals surface area contributed by atoms with E-state index in [0.717, 1.165) is 31.1 Å². The number of hydrogen-bond donors (Lipinski definition) is 3. The number of aliphatic hydroxyl groups is 1. The fraction of sp³-hybridized carbons (Fsp3) is 0.350. The summed E-state index contributed by atoms with van der Waals surface area (Å²) in [4.78, 5) is 22.9. The molecule has 0 spiro atoms. The lowest BCUT2D eigenvalue weighted by atomic mass is 10.0. The van der Waals surface area contributed by atoms with Crippen LogP contribution >= 0.6 is 0 Å². The summed E-state index contributed by atoms with van der Waals surface area (Å²) in [5.74, 6) is 0.371. The molecule has 1 fully saturated rings. The van der Waals surface area contributed by atoms with Gasteiger partial charge in [0.25, 0.3) is 5.56 Å². The van der Waals surface area contributed by atoms with Crippen LogP contribution in [0.5, 0.6) is 0 Å². The van der Waals surface area contributed by atoms with Gasteiger partial charge in [-0.15, -0.1) is 0 Å². The van der Waals surface area contributed by atoms with Gasteiger partial charge in [0, 0.05) is 13.0 Å². The highest BCUT2D eigenvalue weighted by Gasteiger charge is 2.31. The Morgan fingerprint density at radius 3 is 2.82 bits per heavy atom. The monoisotopic (exact) mass is 383 g/mol. The van der Waals surface area contributed by atoms with Gasteiger partial charge in [0.1, 0.15) is 0 Å². The topological polar surface area (TPSA) is 119 Å². The summed E-state index contributed by atoms with van der Waals surface area (Å²) in [5.41, 5.74) is 8.41. The third-order valence-corrected chi connectivity index (χ3v) is 4.96. The minimum Gasteiger partial charge on any atom is -0.400 e. The summed E-state index contributed by atoms with van der Waals surface area (Å²) < 4.78 is 7.79. The Hall–Kier alpha value is -2.97. The van der Waals surface area contributed by atoms with E-state index < -0.39 is 0 Å². The number of aromatic amines is 1. The number of fused-ring (bicyclic) bond motifs is 1. The molecule has 0 bridgehead atoms. The van der Waals surface area contributed by atoms with E-state index in [4.69, 9.17) is 15.6 Å². The Bertz CT molecular complexity index is 996. The number of imidazole rings is 1. The van der Waals surface area contributed by atoms with Gasteiger partial charge in [-0.25, -0.2) is 4.98 Å². The van der Waals surface area contributed by atoms with E-state index in [9.17, 15) is 4.79 Å². The molecule has 8 nitrogen and oxygen atoms in total.